The number of aromatic nitrogens is 4. The van der Waals surface area contributed by atoms with Crippen molar-refractivity contribution in [3.05, 3.63) is 106 Å². The van der Waals surface area contributed by atoms with E-state index in [-0.39, 0.29) is 17.1 Å². The number of nitrogen functional groups attached to an aromatic ring is 1. The number of nitrogens with one attached hydrogen (secondary N) is 1. The maximum atomic E-state index is 14.2. The normalized spacial score (nSPS) is 11.7. The molecule has 36 heavy (non-hydrogen) atoms. The van der Waals surface area contributed by atoms with E-state index in [0.717, 1.165) is 27.8 Å². The molecule has 1 unspecified atom stereocenters. The van der Waals surface area contributed by atoms with E-state index in [2.05, 4.69) is 26.3 Å². The van der Waals surface area contributed by atoms with Gasteiger partial charge in [-0.3, -0.25) is 14.3 Å². The standard InChI is InChI=1S/C28H23N7O/c1-17-11-20(15-31-14-17)23-10-6-7-19-12-24(18(2)33-26-21(13-29)16-32-28(30)34-26)35(27(36)25(19)23)22-8-4-3-5-9-22/h3-12,14-16,18H,1-2H3,(H3,30,32,33,34). The highest BCUT2D eigenvalue weighted by atomic mass is 16.1. The summed E-state index contributed by atoms with van der Waals surface area (Å²) in [6.07, 6.45) is 4.94. The minimum absolute atomic E-state index is 0.0547. The number of nitrogens with two attached hydrogens (primary N) is 1. The minimum Gasteiger partial charge on any atom is -0.368 e. The number of rotatable bonds is 5. The Morgan fingerprint density at radius 2 is 1.86 bits per heavy atom. The van der Waals surface area contributed by atoms with E-state index in [1.165, 1.54) is 6.20 Å². The van der Waals surface area contributed by atoms with Gasteiger partial charge in [0.05, 0.1) is 17.6 Å². The van der Waals surface area contributed by atoms with Crippen LogP contribution in [0.4, 0.5) is 11.8 Å². The second-order valence-electron chi connectivity index (χ2n) is 8.53. The SMILES string of the molecule is Cc1cncc(-c2cccc3cc(C(C)Nc4nc(N)ncc4C#N)n(-c4ccccc4)c(=O)c23)c1. The summed E-state index contributed by atoms with van der Waals surface area (Å²) in [6.45, 7) is 3.89. The molecule has 3 N–H and O–H groups in total. The third-order valence-corrected chi connectivity index (χ3v) is 6.00. The van der Waals surface area contributed by atoms with Crippen LogP contribution >= 0.6 is 0 Å². The molecule has 0 saturated carbocycles. The number of aryl methyl sites for hydroxylation is 1. The molecule has 1 atom stereocenters. The van der Waals surface area contributed by atoms with Crippen molar-refractivity contribution in [1.82, 2.24) is 19.5 Å². The molecule has 0 aliphatic heterocycles. The van der Waals surface area contributed by atoms with E-state index >= 15 is 0 Å². The van der Waals surface area contributed by atoms with Gasteiger partial charge in [0.2, 0.25) is 5.95 Å². The molecule has 0 amide bonds. The number of hydrogen-bond acceptors (Lipinski definition) is 7. The van der Waals surface area contributed by atoms with Crippen LogP contribution in [0.1, 0.15) is 29.8 Å². The summed E-state index contributed by atoms with van der Waals surface area (Å²) in [4.78, 5) is 26.6. The minimum atomic E-state index is -0.395. The maximum Gasteiger partial charge on any atom is 0.263 e. The molecule has 3 aromatic heterocycles. The van der Waals surface area contributed by atoms with Crippen LogP contribution in [-0.2, 0) is 0 Å². The zero-order valence-electron chi connectivity index (χ0n) is 19.8. The molecular formula is C28H23N7O. The van der Waals surface area contributed by atoms with Crippen LogP contribution < -0.4 is 16.6 Å². The van der Waals surface area contributed by atoms with E-state index in [0.29, 0.717) is 16.9 Å². The van der Waals surface area contributed by atoms with Gasteiger partial charge in [-0.25, -0.2) is 4.98 Å². The molecule has 8 nitrogen and oxygen atoms in total. The lowest BCUT2D eigenvalue weighted by Gasteiger charge is -2.22. The predicted octanol–water partition coefficient (Wildman–Crippen LogP) is 4.78. The fourth-order valence-electron chi connectivity index (χ4n) is 4.35. The lowest BCUT2D eigenvalue weighted by Crippen LogP contribution is -2.26. The third kappa shape index (κ3) is 4.14. The van der Waals surface area contributed by atoms with Crippen LogP contribution in [0.5, 0.6) is 0 Å². The zero-order chi connectivity index (χ0) is 25.2. The van der Waals surface area contributed by atoms with E-state index in [1.54, 1.807) is 17.0 Å². The zero-order valence-corrected chi connectivity index (χ0v) is 19.8. The first kappa shape index (κ1) is 22.7. The molecule has 0 fully saturated rings. The smallest absolute Gasteiger partial charge is 0.263 e. The number of hydrogen-bond donors (Lipinski definition) is 2. The van der Waals surface area contributed by atoms with Crippen molar-refractivity contribution in [2.75, 3.05) is 11.1 Å². The van der Waals surface area contributed by atoms with Crippen molar-refractivity contribution in [3.63, 3.8) is 0 Å². The average molecular weight is 474 g/mol. The first-order valence-corrected chi connectivity index (χ1v) is 11.4. The fourth-order valence-corrected chi connectivity index (χ4v) is 4.35. The molecule has 0 saturated heterocycles. The lowest BCUT2D eigenvalue weighted by atomic mass is 9.98. The summed E-state index contributed by atoms with van der Waals surface area (Å²) in [5.74, 6) is 0.364. The largest absolute Gasteiger partial charge is 0.368 e. The van der Waals surface area contributed by atoms with Crippen LogP contribution in [0, 0.1) is 18.3 Å². The molecule has 8 heteroatoms. The highest BCUT2D eigenvalue weighted by molar-refractivity contribution is 5.96. The Bertz CT molecular complexity index is 1690. The van der Waals surface area contributed by atoms with Crippen LogP contribution in [-0.4, -0.2) is 19.5 Å². The Balaban J connectivity index is 1.75. The fraction of sp³-hybridized carbons (Fsp3) is 0.107. The van der Waals surface area contributed by atoms with Crippen molar-refractivity contribution < 1.29 is 0 Å². The van der Waals surface area contributed by atoms with Crippen molar-refractivity contribution in [3.8, 4) is 22.9 Å². The van der Waals surface area contributed by atoms with Crippen molar-refractivity contribution in [2.24, 2.45) is 0 Å². The van der Waals surface area contributed by atoms with Gasteiger partial charge in [0.25, 0.3) is 5.56 Å². The Hall–Kier alpha value is -5.03. The number of fused-ring (bicyclic) bond motifs is 1. The van der Waals surface area contributed by atoms with Crippen molar-refractivity contribution in [1.29, 1.82) is 5.26 Å². The molecule has 2 aromatic carbocycles. The van der Waals surface area contributed by atoms with E-state index in [9.17, 15) is 10.1 Å². The average Bonchev–Trinajstić information content (AvgIpc) is 2.89. The summed E-state index contributed by atoms with van der Waals surface area (Å²) < 4.78 is 1.70. The van der Waals surface area contributed by atoms with Crippen LogP contribution in [0.15, 0.2) is 84.0 Å². The van der Waals surface area contributed by atoms with Gasteiger partial charge in [-0.15, -0.1) is 0 Å². The van der Waals surface area contributed by atoms with Crippen LogP contribution in [0.3, 0.4) is 0 Å². The maximum absolute atomic E-state index is 14.2. The molecule has 0 aliphatic rings. The number of anilines is 2. The van der Waals surface area contributed by atoms with Gasteiger partial charge >= 0.3 is 0 Å². The van der Waals surface area contributed by atoms with Gasteiger partial charge in [-0.2, -0.15) is 10.2 Å². The highest BCUT2D eigenvalue weighted by Crippen LogP contribution is 2.30. The Morgan fingerprint density at radius 1 is 1.06 bits per heavy atom. The number of para-hydroxylation sites is 1. The molecule has 0 bridgehead atoms. The van der Waals surface area contributed by atoms with Gasteiger partial charge in [0.1, 0.15) is 17.5 Å². The second kappa shape index (κ2) is 9.31. The number of pyridine rings is 2. The molecular weight excluding hydrogens is 450 g/mol. The van der Waals surface area contributed by atoms with E-state index in [1.807, 2.05) is 74.5 Å². The summed E-state index contributed by atoms with van der Waals surface area (Å²) in [6, 6.07) is 21.0. The lowest BCUT2D eigenvalue weighted by molar-refractivity contribution is 0.772. The molecule has 0 aliphatic carbocycles. The molecule has 0 spiro atoms. The molecule has 5 rings (SSSR count). The van der Waals surface area contributed by atoms with Gasteiger partial charge in [0, 0.05) is 29.3 Å². The monoisotopic (exact) mass is 473 g/mol. The summed E-state index contributed by atoms with van der Waals surface area (Å²) in [5.41, 5.74) is 10.0. The van der Waals surface area contributed by atoms with Crippen LogP contribution in [0.25, 0.3) is 27.6 Å². The summed E-state index contributed by atoms with van der Waals surface area (Å²) >= 11 is 0. The quantitative estimate of drug-likeness (QED) is 0.377. The molecule has 5 aromatic rings. The first-order chi connectivity index (χ1) is 17.5. The predicted molar refractivity (Wildman–Crippen MR) is 141 cm³/mol. The Morgan fingerprint density at radius 3 is 2.61 bits per heavy atom. The highest BCUT2D eigenvalue weighted by Gasteiger charge is 2.20. The summed E-state index contributed by atoms with van der Waals surface area (Å²) in [7, 11) is 0. The first-order valence-electron chi connectivity index (χ1n) is 11.4. The van der Waals surface area contributed by atoms with Gasteiger partial charge in [-0.1, -0.05) is 36.4 Å². The van der Waals surface area contributed by atoms with Gasteiger partial charge in [0.15, 0.2) is 0 Å². The van der Waals surface area contributed by atoms with Gasteiger partial charge in [-0.05, 0) is 54.6 Å². The molecule has 0 radical (unpaired) electrons. The van der Waals surface area contributed by atoms with Crippen molar-refractivity contribution in [2.45, 2.75) is 19.9 Å². The van der Waals surface area contributed by atoms with Crippen molar-refractivity contribution >= 4 is 22.5 Å². The topological polar surface area (TPSA) is 123 Å². The van der Waals surface area contributed by atoms with Crippen LogP contribution in [0.2, 0.25) is 0 Å². The van der Waals surface area contributed by atoms with E-state index < -0.39 is 6.04 Å². The number of nitriles is 1. The number of nitrogens with zero attached hydrogens (tertiary/aromatic N) is 5. The number of benzene rings is 2. The van der Waals surface area contributed by atoms with Gasteiger partial charge < -0.3 is 11.1 Å². The Labute approximate surface area is 207 Å². The molecule has 3 heterocycles. The second-order valence-corrected chi connectivity index (χ2v) is 8.53. The van der Waals surface area contributed by atoms with E-state index in [4.69, 9.17) is 5.73 Å². The summed E-state index contributed by atoms with van der Waals surface area (Å²) in [5, 5.41) is 14.2. The molecule has 176 valence electrons. The third-order valence-electron chi connectivity index (χ3n) is 6.00. The Kier molecular flexibility index (Phi) is 5.88.